The molecule has 0 aliphatic heterocycles. The first kappa shape index (κ1) is 13.8. The average molecular weight is 263 g/mol. The van der Waals surface area contributed by atoms with Gasteiger partial charge in [-0.1, -0.05) is 6.92 Å². The zero-order valence-corrected chi connectivity index (χ0v) is 11.6. The molecule has 0 amide bonds. The van der Waals surface area contributed by atoms with E-state index in [0.717, 1.165) is 19.3 Å². The molecular weight excluding hydrogens is 242 g/mol. The van der Waals surface area contributed by atoms with Crippen molar-refractivity contribution >= 4 is 11.6 Å². The first-order valence-electron chi connectivity index (χ1n) is 6.93. The summed E-state index contributed by atoms with van der Waals surface area (Å²) in [6.45, 7) is 2.76. The van der Waals surface area contributed by atoms with Crippen LogP contribution in [0.1, 0.15) is 39.0 Å². The Labute approximate surface area is 113 Å². The van der Waals surface area contributed by atoms with Crippen molar-refractivity contribution in [3.05, 3.63) is 22.7 Å². The average Bonchev–Trinajstić information content (AvgIpc) is 2.41. The number of nitrogens with zero attached hydrogens (tertiary/aromatic N) is 3. The van der Waals surface area contributed by atoms with Crippen LogP contribution in [0.2, 0.25) is 0 Å². The van der Waals surface area contributed by atoms with Crippen LogP contribution in [0.25, 0.3) is 0 Å². The monoisotopic (exact) mass is 263 g/mol. The van der Waals surface area contributed by atoms with Gasteiger partial charge in [-0.05, 0) is 19.3 Å². The summed E-state index contributed by atoms with van der Waals surface area (Å²) >= 11 is 0. The van der Waals surface area contributed by atoms with Crippen molar-refractivity contribution < 1.29 is 4.79 Å². The Morgan fingerprint density at radius 3 is 2.68 bits per heavy atom. The van der Waals surface area contributed by atoms with Gasteiger partial charge in [-0.2, -0.15) is 0 Å². The van der Waals surface area contributed by atoms with Crippen LogP contribution in [0.4, 0.5) is 5.82 Å². The van der Waals surface area contributed by atoms with Crippen molar-refractivity contribution in [1.29, 1.82) is 0 Å². The van der Waals surface area contributed by atoms with Gasteiger partial charge in [-0.15, -0.1) is 0 Å². The molecule has 2 rings (SSSR count). The molecule has 0 atom stereocenters. The van der Waals surface area contributed by atoms with Gasteiger partial charge in [0, 0.05) is 44.9 Å². The van der Waals surface area contributed by atoms with Crippen molar-refractivity contribution in [3.63, 3.8) is 0 Å². The molecule has 1 aromatic rings. The van der Waals surface area contributed by atoms with Gasteiger partial charge in [0.1, 0.15) is 5.78 Å². The minimum absolute atomic E-state index is 0.0382. The maximum absolute atomic E-state index is 12.3. The van der Waals surface area contributed by atoms with E-state index >= 15 is 0 Å². The van der Waals surface area contributed by atoms with Crippen LogP contribution in [-0.4, -0.2) is 28.4 Å². The number of aromatic nitrogens is 2. The van der Waals surface area contributed by atoms with E-state index in [9.17, 15) is 9.59 Å². The molecule has 1 aromatic heterocycles. The van der Waals surface area contributed by atoms with Crippen LogP contribution >= 0.6 is 0 Å². The third-order valence-electron chi connectivity index (χ3n) is 3.75. The van der Waals surface area contributed by atoms with Crippen molar-refractivity contribution in [2.75, 3.05) is 11.9 Å². The predicted octanol–water partition coefficient (Wildman–Crippen LogP) is 1.60. The van der Waals surface area contributed by atoms with Gasteiger partial charge < -0.3 is 9.47 Å². The smallest absolute Gasteiger partial charge is 0.293 e. The lowest BCUT2D eigenvalue weighted by Crippen LogP contribution is -2.40. The van der Waals surface area contributed by atoms with Crippen molar-refractivity contribution in [2.24, 2.45) is 0 Å². The quantitative estimate of drug-likeness (QED) is 0.828. The van der Waals surface area contributed by atoms with Gasteiger partial charge in [0.15, 0.2) is 5.82 Å². The fourth-order valence-electron chi connectivity index (χ4n) is 2.58. The number of anilines is 1. The van der Waals surface area contributed by atoms with Crippen molar-refractivity contribution in [3.8, 4) is 0 Å². The van der Waals surface area contributed by atoms with E-state index < -0.39 is 0 Å². The summed E-state index contributed by atoms with van der Waals surface area (Å²) in [6, 6.07) is 0.246. The largest absolute Gasteiger partial charge is 0.352 e. The molecule has 0 N–H and O–H groups in total. The minimum Gasteiger partial charge on any atom is -0.352 e. The zero-order valence-electron chi connectivity index (χ0n) is 11.6. The van der Waals surface area contributed by atoms with E-state index in [1.54, 1.807) is 17.0 Å². The van der Waals surface area contributed by atoms with Crippen LogP contribution in [0.5, 0.6) is 0 Å². The Morgan fingerprint density at radius 1 is 1.37 bits per heavy atom. The topological polar surface area (TPSA) is 55.2 Å². The van der Waals surface area contributed by atoms with E-state index in [-0.39, 0.29) is 11.6 Å². The minimum atomic E-state index is -0.0382. The van der Waals surface area contributed by atoms with Gasteiger partial charge in [0.25, 0.3) is 5.56 Å². The summed E-state index contributed by atoms with van der Waals surface area (Å²) in [5, 5.41) is 0. The van der Waals surface area contributed by atoms with Crippen molar-refractivity contribution in [1.82, 2.24) is 9.55 Å². The predicted molar refractivity (Wildman–Crippen MR) is 74.5 cm³/mol. The Balaban J connectivity index is 2.19. The molecule has 0 unspecified atom stereocenters. The summed E-state index contributed by atoms with van der Waals surface area (Å²) in [7, 11) is 1.90. The number of Topliss-reactive ketones (excluding diaryl/α,β-unsaturated/α-hetero) is 1. The van der Waals surface area contributed by atoms with Crippen LogP contribution in [0, 0.1) is 0 Å². The lowest BCUT2D eigenvalue weighted by molar-refractivity contribution is -0.120. The molecular formula is C14H21N3O2. The van der Waals surface area contributed by atoms with E-state index in [4.69, 9.17) is 0 Å². The molecule has 1 aliphatic rings. The Morgan fingerprint density at radius 2 is 2.05 bits per heavy atom. The summed E-state index contributed by atoms with van der Waals surface area (Å²) in [4.78, 5) is 29.7. The number of rotatable bonds is 4. The van der Waals surface area contributed by atoms with E-state index in [1.807, 2.05) is 18.9 Å². The fourth-order valence-corrected chi connectivity index (χ4v) is 2.58. The number of ketones is 1. The summed E-state index contributed by atoms with van der Waals surface area (Å²) < 4.78 is 1.70. The molecule has 0 aromatic carbocycles. The lowest BCUT2D eigenvalue weighted by Gasteiger charge is -2.31. The maximum atomic E-state index is 12.3. The highest BCUT2D eigenvalue weighted by molar-refractivity contribution is 5.79. The molecule has 0 saturated heterocycles. The van der Waals surface area contributed by atoms with Gasteiger partial charge in [0.05, 0.1) is 0 Å². The molecule has 5 nitrogen and oxygen atoms in total. The number of hydrogen-bond acceptors (Lipinski definition) is 4. The highest BCUT2D eigenvalue weighted by atomic mass is 16.1. The Bertz CT molecular complexity index is 500. The third-order valence-corrected chi connectivity index (χ3v) is 3.75. The summed E-state index contributed by atoms with van der Waals surface area (Å²) in [5.74, 6) is 0.823. The molecule has 19 heavy (non-hydrogen) atoms. The number of carbonyl (C=O) groups is 1. The highest BCUT2D eigenvalue weighted by Crippen LogP contribution is 2.21. The van der Waals surface area contributed by atoms with Crippen molar-refractivity contribution in [2.45, 2.75) is 51.6 Å². The number of carbonyl (C=O) groups excluding carboxylic acids is 1. The highest BCUT2D eigenvalue weighted by Gasteiger charge is 2.24. The Kier molecular flexibility index (Phi) is 4.35. The normalized spacial score (nSPS) is 16.6. The summed E-state index contributed by atoms with van der Waals surface area (Å²) in [6.07, 6.45) is 7.20. The van der Waals surface area contributed by atoms with E-state index in [1.165, 1.54) is 0 Å². The van der Waals surface area contributed by atoms with Crippen LogP contribution in [0.15, 0.2) is 17.2 Å². The second-order valence-electron chi connectivity index (χ2n) is 5.13. The molecule has 0 radical (unpaired) electrons. The van der Waals surface area contributed by atoms with Gasteiger partial charge in [-0.3, -0.25) is 9.59 Å². The van der Waals surface area contributed by atoms with Gasteiger partial charge in [0.2, 0.25) is 0 Å². The maximum Gasteiger partial charge on any atom is 0.293 e. The SMILES string of the molecule is CCCn1ccnc(N(C)C2CCC(=O)CC2)c1=O. The molecule has 1 fully saturated rings. The molecule has 5 heteroatoms. The standard InChI is InChI=1S/C14H21N3O2/c1-3-9-17-10-8-15-13(14(17)19)16(2)11-4-6-12(18)7-5-11/h8,10-11H,3-7,9H2,1-2H3. The van der Waals surface area contributed by atoms with E-state index in [0.29, 0.717) is 31.0 Å². The van der Waals surface area contributed by atoms with Crippen LogP contribution in [0.3, 0.4) is 0 Å². The zero-order chi connectivity index (χ0) is 13.8. The number of hydrogen-bond donors (Lipinski definition) is 0. The van der Waals surface area contributed by atoms with Crippen LogP contribution in [-0.2, 0) is 11.3 Å². The first-order valence-corrected chi connectivity index (χ1v) is 6.93. The molecule has 1 saturated carbocycles. The lowest BCUT2D eigenvalue weighted by atomic mass is 9.93. The fraction of sp³-hybridized carbons (Fsp3) is 0.643. The molecule has 104 valence electrons. The Hall–Kier alpha value is -1.65. The summed E-state index contributed by atoms with van der Waals surface area (Å²) in [5.41, 5.74) is -0.0382. The second kappa shape index (κ2) is 5.99. The van der Waals surface area contributed by atoms with E-state index in [2.05, 4.69) is 4.98 Å². The van der Waals surface area contributed by atoms with Gasteiger partial charge >= 0.3 is 0 Å². The van der Waals surface area contributed by atoms with Crippen LogP contribution < -0.4 is 10.5 Å². The third kappa shape index (κ3) is 3.03. The molecule has 0 bridgehead atoms. The first-order chi connectivity index (χ1) is 9.13. The number of aryl methyl sites for hydroxylation is 1. The molecule has 0 spiro atoms. The second-order valence-corrected chi connectivity index (χ2v) is 5.13. The molecule has 1 aliphatic carbocycles. The van der Waals surface area contributed by atoms with Gasteiger partial charge in [-0.25, -0.2) is 4.98 Å². The molecule has 1 heterocycles.